The second-order valence-electron chi connectivity index (χ2n) is 7.62. The zero-order valence-electron chi connectivity index (χ0n) is 20.2. The summed E-state index contributed by atoms with van der Waals surface area (Å²) in [6.07, 6.45) is 1.61. The van der Waals surface area contributed by atoms with Gasteiger partial charge in [0, 0.05) is 18.7 Å². The lowest BCUT2D eigenvalue weighted by molar-refractivity contribution is 0.0505. The van der Waals surface area contributed by atoms with Crippen molar-refractivity contribution in [2.75, 3.05) is 33.5 Å². The number of imide groups is 1. The minimum atomic E-state index is -1.38. The lowest BCUT2D eigenvalue weighted by Gasteiger charge is -2.19. The smallest absolute Gasteiger partial charge is 0.265 e. The van der Waals surface area contributed by atoms with Crippen LogP contribution in [0.25, 0.3) is 10.9 Å². The van der Waals surface area contributed by atoms with Crippen LogP contribution in [0, 0.1) is 5.82 Å². The quantitative estimate of drug-likeness (QED) is 0.191. The number of nitrogens with zero attached hydrogens (tertiary/aromatic N) is 2. The van der Waals surface area contributed by atoms with Gasteiger partial charge in [-0.05, 0) is 43.7 Å². The number of rotatable bonds is 12. The van der Waals surface area contributed by atoms with Crippen molar-refractivity contribution < 1.29 is 37.2 Å². The molecule has 0 unspecified atom stereocenters. The molecule has 0 radical (unpaired) electrons. The van der Waals surface area contributed by atoms with E-state index in [-0.39, 0.29) is 42.3 Å². The maximum absolute atomic E-state index is 13.7. The van der Waals surface area contributed by atoms with Crippen LogP contribution in [-0.4, -0.2) is 55.2 Å². The Kier molecular flexibility index (Phi) is 8.43. The second-order valence-corrected chi connectivity index (χ2v) is 9.06. The van der Waals surface area contributed by atoms with Gasteiger partial charge in [-0.1, -0.05) is 12.1 Å². The largest absolute Gasteiger partial charge is 0.483 e. The number of carbonyl (C=O) groups is 2. The van der Waals surface area contributed by atoms with Gasteiger partial charge in [-0.25, -0.2) is 4.39 Å². The van der Waals surface area contributed by atoms with E-state index in [0.717, 1.165) is 4.90 Å². The highest BCUT2D eigenvalue weighted by atomic mass is 31.2. The summed E-state index contributed by atoms with van der Waals surface area (Å²) < 4.78 is 41.6. The molecule has 2 heterocycles. The molecule has 0 atom stereocenters. The van der Waals surface area contributed by atoms with Gasteiger partial charge in [-0.2, -0.15) is 0 Å². The van der Waals surface area contributed by atoms with Gasteiger partial charge in [0.1, 0.15) is 22.6 Å². The number of hydrogen-bond donors (Lipinski definition) is 0. The van der Waals surface area contributed by atoms with Crippen molar-refractivity contribution in [1.82, 2.24) is 9.88 Å². The van der Waals surface area contributed by atoms with Crippen LogP contribution in [0.5, 0.6) is 11.5 Å². The van der Waals surface area contributed by atoms with Crippen molar-refractivity contribution in [2.45, 2.75) is 20.4 Å². The third-order valence-electron chi connectivity index (χ3n) is 5.33. The summed E-state index contributed by atoms with van der Waals surface area (Å²) in [6, 6.07) is 9.03. The van der Waals surface area contributed by atoms with E-state index in [1.807, 2.05) is 13.8 Å². The van der Waals surface area contributed by atoms with Gasteiger partial charge in [0.15, 0.2) is 18.9 Å². The molecular formula is C25H26FN2O7P. The maximum Gasteiger partial charge on any atom is 0.265 e. The number of pyridine rings is 1. The van der Waals surface area contributed by atoms with E-state index in [1.165, 1.54) is 31.4 Å². The van der Waals surface area contributed by atoms with Crippen molar-refractivity contribution >= 4 is 31.1 Å². The van der Waals surface area contributed by atoms with E-state index in [4.69, 9.17) is 23.3 Å². The molecule has 4 rings (SSSR count). The molecule has 0 fully saturated rings. The number of benzene rings is 2. The van der Waals surface area contributed by atoms with Gasteiger partial charge in [-0.3, -0.25) is 19.5 Å². The third-order valence-corrected chi connectivity index (χ3v) is 6.76. The van der Waals surface area contributed by atoms with E-state index in [0.29, 0.717) is 29.7 Å². The summed E-state index contributed by atoms with van der Waals surface area (Å²) >= 11 is 0. The van der Waals surface area contributed by atoms with Gasteiger partial charge in [0.25, 0.3) is 11.8 Å². The number of carbonyl (C=O) groups excluding carboxylic acids is 2. The van der Waals surface area contributed by atoms with E-state index in [1.54, 1.807) is 18.3 Å². The minimum Gasteiger partial charge on any atom is -0.483 e. The summed E-state index contributed by atoms with van der Waals surface area (Å²) in [5, 5.41) is 0.495. The zero-order valence-corrected chi connectivity index (χ0v) is 21.0. The van der Waals surface area contributed by atoms with Crippen molar-refractivity contribution in [2.24, 2.45) is 0 Å². The van der Waals surface area contributed by atoms with Crippen molar-refractivity contribution in [1.29, 1.82) is 0 Å². The Morgan fingerprint density at radius 1 is 0.944 bits per heavy atom. The number of fused-ring (bicyclic) bond motifs is 2. The van der Waals surface area contributed by atoms with Gasteiger partial charge < -0.3 is 23.3 Å². The number of methoxy groups -OCH3 is 1. The molecule has 0 saturated heterocycles. The van der Waals surface area contributed by atoms with Crippen LogP contribution in [-0.2, 0) is 20.3 Å². The highest BCUT2D eigenvalue weighted by Gasteiger charge is 2.43. The summed E-state index contributed by atoms with van der Waals surface area (Å²) in [4.78, 5) is 32.7. The molecule has 11 heteroatoms. The molecule has 2 aromatic carbocycles. The fraction of sp³-hybridized carbons (Fsp3) is 0.320. The first-order valence-electron chi connectivity index (χ1n) is 11.3. The standard InChI is InChI=1S/C25H26FN2O7P/c1-4-34-36(35-5-2)15-33-22-18-7-6-12-27-21(18)23(32-14-31-3)20-19(22)24(29)28(25(20)30)13-16-8-10-17(26)11-9-16/h6-12H,4-5,13-15H2,1-3H3. The Morgan fingerprint density at radius 3 is 2.25 bits per heavy atom. The first-order valence-corrected chi connectivity index (χ1v) is 12.7. The summed E-state index contributed by atoms with van der Waals surface area (Å²) in [6.45, 7) is 4.36. The van der Waals surface area contributed by atoms with Crippen molar-refractivity contribution in [3.05, 3.63) is 65.1 Å². The van der Waals surface area contributed by atoms with Crippen LogP contribution in [0.2, 0.25) is 0 Å². The first-order chi connectivity index (χ1) is 17.5. The van der Waals surface area contributed by atoms with E-state index in [9.17, 15) is 14.0 Å². The van der Waals surface area contributed by atoms with Crippen LogP contribution in [0.15, 0.2) is 42.6 Å². The minimum absolute atomic E-state index is 0.0394. The van der Waals surface area contributed by atoms with E-state index < -0.39 is 26.0 Å². The van der Waals surface area contributed by atoms with Crippen LogP contribution in [0.3, 0.4) is 0 Å². The van der Waals surface area contributed by atoms with Gasteiger partial charge >= 0.3 is 0 Å². The van der Waals surface area contributed by atoms with Crippen LogP contribution >= 0.6 is 8.38 Å². The fourth-order valence-electron chi connectivity index (χ4n) is 3.86. The average Bonchev–Trinajstić information content (AvgIpc) is 3.12. The summed E-state index contributed by atoms with van der Waals surface area (Å²) in [7, 11) is 0.0672. The average molecular weight is 516 g/mol. The van der Waals surface area contributed by atoms with Gasteiger partial charge in [-0.15, -0.1) is 0 Å². The van der Waals surface area contributed by atoms with Gasteiger partial charge in [0.2, 0.25) is 8.38 Å². The molecule has 3 aromatic rings. The molecule has 1 aliphatic rings. The molecule has 0 bridgehead atoms. The molecule has 2 amide bonds. The number of hydrogen-bond acceptors (Lipinski definition) is 8. The Balaban J connectivity index is 1.82. The molecule has 190 valence electrons. The molecule has 0 saturated carbocycles. The number of amides is 2. The predicted octanol–water partition coefficient (Wildman–Crippen LogP) is 4.87. The normalized spacial score (nSPS) is 13.1. The fourth-order valence-corrected chi connectivity index (χ4v) is 4.90. The number of halogens is 1. The SMILES string of the molecule is CCOP(COc1c2c(c(OCOC)c3ncccc13)C(=O)N(Cc1ccc(F)cc1)C2=O)OCC. The van der Waals surface area contributed by atoms with E-state index >= 15 is 0 Å². The van der Waals surface area contributed by atoms with Crippen LogP contribution < -0.4 is 9.47 Å². The topological polar surface area (TPSA) is 96.4 Å². The lowest BCUT2D eigenvalue weighted by atomic mass is 10.0. The monoisotopic (exact) mass is 516 g/mol. The summed E-state index contributed by atoms with van der Waals surface area (Å²) in [5.41, 5.74) is 1.05. The molecule has 9 nitrogen and oxygen atoms in total. The Hall–Kier alpha value is -3.17. The lowest BCUT2D eigenvalue weighted by Crippen LogP contribution is -2.29. The van der Waals surface area contributed by atoms with Crippen molar-refractivity contribution in [3.63, 3.8) is 0 Å². The third kappa shape index (κ3) is 5.17. The molecule has 0 aliphatic carbocycles. The first kappa shape index (κ1) is 25.9. The number of aromatic nitrogens is 1. The van der Waals surface area contributed by atoms with E-state index in [2.05, 4.69) is 4.98 Å². The number of ether oxygens (including phenoxy) is 3. The Bertz CT molecular complexity index is 1250. The Morgan fingerprint density at radius 2 is 1.61 bits per heavy atom. The molecule has 1 aromatic heterocycles. The van der Waals surface area contributed by atoms with Crippen LogP contribution in [0.1, 0.15) is 40.1 Å². The van der Waals surface area contributed by atoms with Crippen LogP contribution in [0.4, 0.5) is 4.39 Å². The molecule has 36 heavy (non-hydrogen) atoms. The highest BCUT2D eigenvalue weighted by Crippen LogP contribution is 2.46. The second kappa shape index (κ2) is 11.7. The zero-order chi connectivity index (χ0) is 25.7. The molecule has 1 aliphatic heterocycles. The summed E-state index contributed by atoms with van der Waals surface area (Å²) in [5.74, 6) is -1.21. The Labute approximate surface area is 209 Å². The van der Waals surface area contributed by atoms with Gasteiger partial charge in [0.05, 0.1) is 25.3 Å². The highest BCUT2D eigenvalue weighted by molar-refractivity contribution is 7.47. The molecule has 0 spiro atoms. The maximum atomic E-state index is 13.7. The predicted molar refractivity (Wildman–Crippen MR) is 131 cm³/mol. The molecule has 0 N–H and O–H groups in total. The van der Waals surface area contributed by atoms with Crippen molar-refractivity contribution in [3.8, 4) is 11.5 Å². The molecular weight excluding hydrogens is 490 g/mol.